The van der Waals surface area contributed by atoms with Gasteiger partial charge in [-0.25, -0.2) is 23.1 Å². The minimum absolute atomic E-state index is 0.196. The Morgan fingerprint density at radius 1 is 1.20 bits per heavy atom. The molecule has 13 heteroatoms. The first kappa shape index (κ1) is 27.5. The fourth-order valence-electron chi connectivity index (χ4n) is 4.68. The zero-order valence-corrected chi connectivity index (χ0v) is 22.2. The lowest BCUT2D eigenvalue weighted by atomic mass is 10.0. The van der Waals surface area contributed by atoms with Gasteiger partial charge in [-0.3, -0.25) is 14.5 Å². The summed E-state index contributed by atoms with van der Waals surface area (Å²) in [5.74, 6) is -0.832. The zero-order valence-electron chi connectivity index (χ0n) is 21.4. The van der Waals surface area contributed by atoms with Crippen LogP contribution < -0.4 is 10.2 Å². The van der Waals surface area contributed by atoms with Crippen LogP contribution in [0.1, 0.15) is 40.9 Å². The molecule has 40 heavy (non-hydrogen) atoms. The second-order valence-electron chi connectivity index (χ2n) is 9.27. The smallest absolute Gasteiger partial charge is 0.275 e. The summed E-state index contributed by atoms with van der Waals surface area (Å²) in [4.78, 5) is 27.6. The van der Waals surface area contributed by atoms with Gasteiger partial charge in [-0.15, -0.1) is 0 Å². The van der Waals surface area contributed by atoms with E-state index < -0.39 is 29.3 Å². The molecular formula is C27H25ClF3N7O2. The molecule has 1 aliphatic rings. The van der Waals surface area contributed by atoms with Gasteiger partial charge in [0.05, 0.1) is 54.2 Å². The van der Waals surface area contributed by atoms with Gasteiger partial charge < -0.3 is 15.0 Å². The average Bonchev–Trinajstić information content (AvgIpc) is 3.60. The zero-order chi connectivity index (χ0) is 28.2. The van der Waals surface area contributed by atoms with E-state index in [1.807, 2.05) is 12.1 Å². The first-order valence-corrected chi connectivity index (χ1v) is 12.8. The van der Waals surface area contributed by atoms with Crippen molar-refractivity contribution in [2.75, 3.05) is 30.5 Å². The largest absolute Gasteiger partial charge is 0.383 e. The van der Waals surface area contributed by atoms with Gasteiger partial charge in [0.25, 0.3) is 12.3 Å². The Morgan fingerprint density at radius 2 is 2.05 bits per heavy atom. The third-order valence-corrected chi connectivity index (χ3v) is 6.85. The van der Waals surface area contributed by atoms with Crippen LogP contribution in [-0.2, 0) is 11.3 Å². The van der Waals surface area contributed by atoms with Crippen LogP contribution in [0.4, 0.5) is 24.7 Å². The van der Waals surface area contributed by atoms with E-state index in [4.69, 9.17) is 16.3 Å². The fourth-order valence-corrected chi connectivity index (χ4v) is 4.84. The number of anilines is 2. The molecular weight excluding hydrogens is 547 g/mol. The lowest BCUT2D eigenvalue weighted by molar-refractivity contribution is 0.102. The van der Waals surface area contributed by atoms with Gasteiger partial charge in [0.2, 0.25) is 0 Å². The minimum atomic E-state index is -2.98. The van der Waals surface area contributed by atoms with Crippen LogP contribution in [0.15, 0.2) is 55.2 Å². The van der Waals surface area contributed by atoms with Crippen LogP contribution in [0, 0.1) is 5.82 Å². The molecule has 3 aromatic heterocycles. The maximum atomic E-state index is 14.7. The molecule has 1 N–H and O–H groups in total. The predicted octanol–water partition coefficient (Wildman–Crippen LogP) is 5.38. The molecule has 1 saturated heterocycles. The Labute approximate surface area is 233 Å². The van der Waals surface area contributed by atoms with Crippen LogP contribution in [0.25, 0.3) is 11.3 Å². The van der Waals surface area contributed by atoms with Gasteiger partial charge in [0.15, 0.2) is 5.82 Å². The molecule has 1 aromatic carbocycles. The maximum absolute atomic E-state index is 14.7. The summed E-state index contributed by atoms with van der Waals surface area (Å²) < 4.78 is 48.6. The molecule has 0 bridgehead atoms. The third kappa shape index (κ3) is 5.92. The number of pyridine rings is 1. The second-order valence-corrected chi connectivity index (χ2v) is 9.67. The standard InChI is InChI=1S/C27H25ClF3N7O2/c1-40-15-18-3-2-8-38(18)23-7-4-16(9-33-23)13-37-14-17(10-34-37)35-27(39)22-12-32-11-21(36-22)24-19(26(30)31)5-6-20(28)25(24)29/h4-7,9-12,14,18,26H,2-3,8,13,15H2,1H3,(H,35,39)/t18-/m0/s1. The minimum Gasteiger partial charge on any atom is -0.383 e. The van der Waals surface area contributed by atoms with Crippen molar-refractivity contribution in [3.05, 3.63) is 82.9 Å². The molecule has 0 radical (unpaired) electrons. The molecule has 0 aliphatic carbocycles. The van der Waals surface area contributed by atoms with Crippen LogP contribution in [0.5, 0.6) is 0 Å². The highest BCUT2D eigenvalue weighted by Crippen LogP contribution is 2.35. The van der Waals surface area contributed by atoms with Crippen molar-refractivity contribution in [1.82, 2.24) is 24.7 Å². The normalized spacial score (nSPS) is 15.2. The Kier molecular flexibility index (Phi) is 8.27. The van der Waals surface area contributed by atoms with E-state index in [-0.39, 0.29) is 16.4 Å². The van der Waals surface area contributed by atoms with Crippen LogP contribution in [-0.4, -0.2) is 56.9 Å². The van der Waals surface area contributed by atoms with Crippen LogP contribution in [0.3, 0.4) is 0 Å². The molecule has 4 heterocycles. The Balaban J connectivity index is 1.26. The number of carbonyl (C=O) groups excluding carboxylic acids is 1. The lowest BCUT2D eigenvalue weighted by Crippen LogP contribution is -2.33. The van der Waals surface area contributed by atoms with Gasteiger partial charge in [0, 0.05) is 37.2 Å². The third-order valence-electron chi connectivity index (χ3n) is 6.56. The number of benzene rings is 1. The number of aromatic nitrogens is 5. The quantitative estimate of drug-likeness (QED) is 0.288. The summed E-state index contributed by atoms with van der Waals surface area (Å²) in [6, 6.07) is 6.33. The van der Waals surface area contributed by atoms with Crippen molar-refractivity contribution in [1.29, 1.82) is 0 Å². The maximum Gasteiger partial charge on any atom is 0.275 e. The lowest BCUT2D eigenvalue weighted by Gasteiger charge is -2.25. The number of methoxy groups -OCH3 is 1. The molecule has 0 saturated carbocycles. The average molecular weight is 572 g/mol. The molecule has 208 valence electrons. The fraction of sp³-hybridized carbons (Fsp3) is 0.296. The first-order chi connectivity index (χ1) is 19.3. The van der Waals surface area contributed by atoms with E-state index in [9.17, 15) is 18.0 Å². The summed E-state index contributed by atoms with van der Waals surface area (Å²) in [5, 5.41) is 6.57. The van der Waals surface area contributed by atoms with Crippen LogP contribution >= 0.6 is 11.6 Å². The van der Waals surface area contributed by atoms with Crippen molar-refractivity contribution < 1.29 is 22.7 Å². The van der Waals surface area contributed by atoms with Gasteiger partial charge >= 0.3 is 0 Å². The number of halogens is 4. The van der Waals surface area contributed by atoms with Gasteiger partial charge in [-0.2, -0.15) is 5.10 Å². The summed E-state index contributed by atoms with van der Waals surface area (Å²) in [6.07, 6.45) is 6.32. The van der Waals surface area contributed by atoms with Gasteiger partial charge in [0.1, 0.15) is 11.5 Å². The first-order valence-electron chi connectivity index (χ1n) is 12.5. The number of hydrogen-bond acceptors (Lipinski definition) is 7. The van der Waals surface area contributed by atoms with Gasteiger partial charge in [-0.05, 0) is 30.5 Å². The molecule has 1 atom stereocenters. The highest BCUT2D eigenvalue weighted by atomic mass is 35.5. The molecule has 9 nitrogen and oxygen atoms in total. The second kappa shape index (κ2) is 12.0. The van der Waals surface area contributed by atoms with Crippen molar-refractivity contribution >= 4 is 29.0 Å². The topological polar surface area (TPSA) is 98.1 Å². The molecule has 0 unspecified atom stereocenters. The Bertz CT molecular complexity index is 1500. The van der Waals surface area contributed by atoms with E-state index in [0.717, 1.165) is 55.3 Å². The molecule has 1 aliphatic heterocycles. The SMILES string of the molecule is COC[C@@H]1CCCN1c1ccc(Cn2cc(NC(=O)c3cncc(-c4c(C(F)F)ccc(Cl)c4F)n3)cn2)cn1. The van der Waals surface area contributed by atoms with Crippen molar-refractivity contribution in [2.45, 2.75) is 31.9 Å². The highest BCUT2D eigenvalue weighted by molar-refractivity contribution is 6.31. The number of carbonyl (C=O) groups is 1. The van der Waals surface area contributed by atoms with Crippen molar-refractivity contribution in [3.8, 4) is 11.3 Å². The van der Waals surface area contributed by atoms with E-state index in [2.05, 4.69) is 30.3 Å². The molecule has 4 aromatic rings. The summed E-state index contributed by atoms with van der Waals surface area (Å²) in [5.41, 5.74) is -0.244. The number of alkyl halides is 2. The monoisotopic (exact) mass is 571 g/mol. The van der Waals surface area contributed by atoms with E-state index in [1.54, 1.807) is 24.2 Å². The van der Waals surface area contributed by atoms with Crippen molar-refractivity contribution in [3.63, 3.8) is 0 Å². The summed E-state index contributed by atoms with van der Waals surface area (Å²) in [7, 11) is 1.70. The van der Waals surface area contributed by atoms with Gasteiger partial charge in [-0.1, -0.05) is 23.7 Å². The van der Waals surface area contributed by atoms with E-state index in [0.29, 0.717) is 24.9 Å². The highest BCUT2D eigenvalue weighted by Gasteiger charge is 2.25. The number of amides is 1. The molecule has 5 rings (SSSR count). The Morgan fingerprint density at radius 3 is 2.80 bits per heavy atom. The predicted molar refractivity (Wildman–Crippen MR) is 143 cm³/mol. The number of nitrogens with one attached hydrogen (secondary N) is 1. The van der Waals surface area contributed by atoms with E-state index in [1.165, 1.54) is 6.20 Å². The summed E-state index contributed by atoms with van der Waals surface area (Å²) in [6.45, 7) is 2.02. The molecule has 0 spiro atoms. The number of hydrogen-bond donors (Lipinski definition) is 1. The van der Waals surface area contributed by atoms with Crippen LogP contribution in [0.2, 0.25) is 5.02 Å². The number of ether oxygens (including phenoxy) is 1. The summed E-state index contributed by atoms with van der Waals surface area (Å²) >= 11 is 5.80. The Hall–Kier alpha value is -4.03. The number of nitrogens with zero attached hydrogens (tertiary/aromatic N) is 6. The van der Waals surface area contributed by atoms with E-state index >= 15 is 0 Å². The molecule has 1 fully saturated rings. The number of rotatable bonds is 9. The molecule has 1 amide bonds. The van der Waals surface area contributed by atoms with Crippen molar-refractivity contribution in [2.24, 2.45) is 0 Å².